The number of rotatable bonds is 6. The van der Waals surface area contributed by atoms with Gasteiger partial charge < -0.3 is 20.3 Å². The third kappa shape index (κ3) is 5.32. The lowest BCUT2D eigenvalue weighted by atomic mass is 10.1. The Morgan fingerprint density at radius 3 is 2.31 bits per heavy atom. The third-order valence-electron chi connectivity index (χ3n) is 4.18. The van der Waals surface area contributed by atoms with Gasteiger partial charge in [-0.2, -0.15) is 0 Å². The molecule has 0 saturated carbocycles. The van der Waals surface area contributed by atoms with Gasteiger partial charge >= 0.3 is 0 Å². The topological polar surface area (TPSA) is 70.7 Å². The first-order valence-electron chi connectivity index (χ1n) is 8.74. The van der Waals surface area contributed by atoms with Crippen molar-refractivity contribution in [3.63, 3.8) is 0 Å². The number of nitrogens with one attached hydrogen (secondary N) is 2. The average molecular weight is 353 g/mol. The molecule has 1 heterocycles. The van der Waals surface area contributed by atoms with Gasteiger partial charge in [-0.3, -0.25) is 9.59 Å². The molecule has 1 aliphatic rings. The summed E-state index contributed by atoms with van der Waals surface area (Å²) < 4.78 is 5.35. The molecule has 2 amide bonds. The lowest BCUT2D eigenvalue weighted by Crippen LogP contribution is -2.36. The van der Waals surface area contributed by atoms with Crippen LogP contribution < -0.4 is 15.5 Å². The fraction of sp³-hybridized carbons (Fsp3) is 0.300. The Labute approximate surface area is 153 Å². The van der Waals surface area contributed by atoms with Crippen LogP contribution in [0.2, 0.25) is 0 Å². The number of anilines is 2. The molecular weight excluding hydrogens is 330 g/mol. The van der Waals surface area contributed by atoms with Crippen molar-refractivity contribution in [2.45, 2.75) is 6.42 Å². The summed E-state index contributed by atoms with van der Waals surface area (Å²) in [6.07, 6.45) is 0.266. The van der Waals surface area contributed by atoms with Crippen molar-refractivity contribution < 1.29 is 14.3 Å². The predicted molar refractivity (Wildman–Crippen MR) is 101 cm³/mol. The number of nitrogens with zero attached hydrogens (tertiary/aromatic N) is 1. The van der Waals surface area contributed by atoms with Crippen LogP contribution in [0.25, 0.3) is 0 Å². The lowest BCUT2D eigenvalue weighted by molar-refractivity contribution is -0.123. The van der Waals surface area contributed by atoms with E-state index in [1.165, 1.54) is 0 Å². The van der Waals surface area contributed by atoms with Gasteiger partial charge in [0.05, 0.1) is 26.2 Å². The zero-order valence-electron chi connectivity index (χ0n) is 14.6. The normalized spacial score (nSPS) is 13.9. The van der Waals surface area contributed by atoms with Crippen LogP contribution in [0.1, 0.15) is 5.56 Å². The second kappa shape index (κ2) is 9.01. The maximum Gasteiger partial charge on any atom is 0.243 e. The number of amides is 2. The minimum absolute atomic E-state index is 0.0448. The van der Waals surface area contributed by atoms with Crippen LogP contribution in [0.5, 0.6) is 0 Å². The average Bonchev–Trinajstić information content (AvgIpc) is 2.68. The molecule has 1 fully saturated rings. The van der Waals surface area contributed by atoms with Gasteiger partial charge in [-0.25, -0.2) is 0 Å². The first kappa shape index (κ1) is 17.9. The minimum Gasteiger partial charge on any atom is -0.378 e. The van der Waals surface area contributed by atoms with Gasteiger partial charge in [0.25, 0.3) is 0 Å². The quantitative estimate of drug-likeness (QED) is 0.831. The Morgan fingerprint density at radius 1 is 0.923 bits per heavy atom. The van der Waals surface area contributed by atoms with Crippen molar-refractivity contribution in [3.05, 3.63) is 60.2 Å². The highest BCUT2D eigenvalue weighted by atomic mass is 16.5. The highest BCUT2D eigenvalue weighted by molar-refractivity contribution is 5.94. The Hall–Kier alpha value is -2.86. The number of hydrogen-bond donors (Lipinski definition) is 2. The lowest BCUT2D eigenvalue weighted by Gasteiger charge is -2.28. The molecule has 6 heteroatoms. The summed E-state index contributed by atoms with van der Waals surface area (Å²) in [5, 5.41) is 5.44. The van der Waals surface area contributed by atoms with Gasteiger partial charge in [0.15, 0.2) is 0 Å². The smallest absolute Gasteiger partial charge is 0.243 e. The summed E-state index contributed by atoms with van der Waals surface area (Å²) in [4.78, 5) is 26.1. The SMILES string of the molecule is O=C(Cc1ccccc1)NCC(=O)Nc1ccc(N2CCOCC2)cc1. The summed E-state index contributed by atoms with van der Waals surface area (Å²) in [5.74, 6) is -0.417. The van der Waals surface area contributed by atoms with Gasteiger partial charge in [-0.05, 0) is 29.8 Å². The summed E-state index contributed by atoms with van der Waals surface area (Å²) >= 11 is 0. The molecule has 136 valence electrons. The molecule has 0 atom stereocenters. The van der Waals surface area contributed by atoms with Crippen molar-refractivity contribution in [3.8, 4) is 0 Å². The molecule has 6 nitrogen and oxygen atoms in total. The van der Waals surface area contributed by atoms with Crippen molar-refractivity contribution in [2.75, 3.05) is 43.1 Å². The molecule has 0 spiro atoms. The molecule has 2 N–H and O–H groups in total. The predicted octanol–water partition coefficient (Wildman–Crippen LogP) is 1.82. The molecule has 2 aromatic carbocycles. The maximum absolute atomic E-state index is 12.0. The zero-order chi connectivity index (χ0) is 18.2. The fourth-order valence-electron chi connectivity index (χ4n) is 2.80. The molecule has 2 aromatic rings. The molecule has 0 unspecified atom stereocenters. The highest BCUT2D eigenvalue weighted by Crippen LogP contribution is 2.18. The molecule has 0 radical (unpaired) electrons. The van der Waals surface area contributed by atoms with E-state index in [1.807, 2.05) is 54.6 Å². The van der Waals surface area contributed by atoms with E-state index in [4.69, 9.17) is 4.74 Å². The van der Waals surface area contributed by atoms with Crippen molar-refractivity contribution in [2.24, 2.45) is 0 Å². The summed E-state index contributed by atoms with van der Waals surface area (Å²) in [7, 11) is 0. The van der Waals surface area contributed by atoms with E-state index >= 15 is 0 Å². The second-order valence-electron chi connectivity index (χ2n) is 6.13. The van der Waals surface area contributed by atoms with Gasteiger partial charge in [0, 0.05) is 24.5 Å². The monoisotopic (exact) mass is 353 g/mol. The number of hydrogen-bond acceptors (Lipinski definition) is 4. The molecule has 0 aliphatic carbocycles. The Balaban J connectivity index is 1.43. The number of ether oxygens (including phenoxy) is 1. The van der Waals surface area contributed by atoms with Crippen molar-refractivity contribution >= 4 is 23.2 Å². The van der Waals surface area contributed by atoms with Crippen LogP contribution in [0.15, 0.2) is 54.6 Å². The first-order valence-corrected chi connectivity index (χ1v) is 8.74. The van der Waals surface area contributed by atoms with Crippen LogP contribution >= 0.6 is 0 Å². The second-order valence-corrected chi connectivity index (χ2v) is 6.13. The molecule has 0 bridgehead atoms. The number of carbonyl (C=O) groups is 2. The standard InChI is InChI=1S/C20H23N3O3/c24-19(14-16-4-2-1-3-5-16)21-15-20(25)22-17-6-8-18(9-7-17)23-10-12-26-13-11-23/h1-9H,10-15H2,(H,21,24)(H,22,25). The van der Waals surface area contributed by atoms with E-state index in [1.54, 1.807) is 0 Å². The summed E-state index contributed by atoms with van der Waals surface area (Å²) in [6.45, 7) is 3.18. The van der Waals surface area contributed by atoms with Crippen molar-refractivity contribution in [1.29, 1.82) is 0 Å². The van der Waals surface area contributed by atoms with E-state index in [0.717, 1.165) is 37.6 Å². The van der Waals surface area contributed by atoms with Crippen LogP contribution in [0, 0.1) is 0 Å². The largest absolute Gasteiger partial charge is 0.378 e. The van der Waals surface area contributed by atoms with Crippen LogP contribution in [-0.2, 0) is 20.7 Å². The molecule has 1 saturated heterocycles. The highest BCUT2D eigenvalue weighted by Gasteiger charge is 2.11. The van der Waals surface area contributed by atoms with E-state index in [2.05, 4.69) is 15.5 Å². The van der Waals surface area contributed by atoms with Gasteiger partial charge in [0.2, 0.25) is 11.8 Å². The summed E-state index contributed by atoms with van der Waals surface area (Å²) in [6, 6.07) is 17.1. The van der Waals surface area contributed by atoms with E-state index < -0.39 is 0 Å². The molecule has 26 heavy (non-hydrogen) atoms. The Kier molecular flexibility index (Phi) is 6.22. The number of morpholine rings is 1. The number of benzene rings is 2. The first-order chi connectivity index (χ1) is 12.7. The van der Waals surface area contributed by atoms with Crippen LogP contribution in [-0.4, -0.2) is 44.7 Å². The Bertz CT molecular complexity index is 726. The summed E-state index contributed by atoms with van der Waals surface area (Å²) in [5.41, 5.74) is 2.75. The number of carbonyl (C=O) groups excluding carboxylic acids is 2. The van der Waals surface area contributed by atoms with Gasteiger partial charge in [0.1, 0.15) is 0 Å². The third-order valence-corrected chi connectivity index (χ3v) is 4.18. The zero-order valence-corrected chi connectivity index (χ0v) is 14.6. The van der Waals surface area contributed by atoms with E-state index in [9.17, 15) is 9.59 Å². The van der Waals surface area contributed by atoms with E-state index in [0.29, 0.717) is 5.69 Å². The Morgan fingerprint density at radius 2 is 1.62 bits per heavy atom. The van der Waals surface area contributed by atoms with Gasteiger partial charge in [-0.15, -0.1) is 0 Å². The molecule has 1 aliphatic heterocycles. The molecule has 0 aromatic heterocycles. The fourth-order valence-corrected chi connectivity index (χ4v) is 2.80. The molecule has 3 rings (SSSR count). The van der Waals surface area contributed by atoms with Crippen LogP contribution in [0.4, 0.5) is 11.4 Å². The van der Waals surface area contributed by atoms with Gasteiger partial charge in [-0.1, -0.05) is 30.3 Å². The maximum atomic E-state index is 12.0. The van der Waals surface area contributed by atoms with Crippen LogP contribution in [0.3, 0.4) is 0 Å². The van der Waals surface area contributed by atoms with E-state index in [-0.39, 0.29) is 24.8 Å². The van der Waals surface area contributed by atoms with Crippen molar-refractivity contribution in [1.82, 2.24) is 5.32 Å². The minimum atomic E-state index is -0.245. The molecular formula is C20H23N3O3.